The SMILES string of the molecule is CC(C)N(CCC(=O)O)C(=O)c1ccc(I)c(Cl)c1. The molecule has 0 bridgehead atoms. The van der Waals surface area contributed by atoms with E-state index >= 15 is 0 Å². The molecule has 0 aromatic heterocycles. The van der Waals surface area contributed by atoms with Crippen LogP contribution in [0.25, 0.3) is 0 Å². The molecule has 0 fully saturated rings. The fourth-order valence-electron chi connectivity index (χ4n) is 1.61. The molecule has 1 aromatic carbocycles. The van der Waals surface area contributed by atoms with Gasteiger partial charge in [0, 0.05) is 21.7 Å². The van der Waals surface area contributed by atoms with Crippen molar-refractivity contribution < 1.29 is 14.7 Å². The predicted octanol–water partition coefficient (Wildman–Crippen LogP) is 3.27. The molecule has 104 valence electrons. The zero-order valence-electron chi connectivity index (χ0n) is 10.7. The highest BCUT2D eigenvalue weighted by molar-refractivity contribution is 14.1. The Labute approximate surface area is 130 Å². The smallest absolute Gasteiger partial charge is 0.305 e. The van der Waals surface area contributed by atoms with Crippen LogP contribution in [0.4, 0.5) is 0 Å². The molecule has 0 heterocycles. The molecular weight excluding hydrogens is 381 g/mol. The maximum absolute atomic E-state index is 12.3. The zero-order valence-corrected chi connectivity index (χ0v) is 13.6. The highest BCUT2D eigenvalue weighted by atomic mass is 127. The molecule has 0 saturated carbocycles. The van der Waals surface area contributed by atoms with Crippen molar-refractivity contribution in [2.75, 3.05) is 6.54 Å². The summed E-state index contributed by atoms with van der Waals surface area (Å²) < 4.78 is 0.873. The standard InChI is InChI=1S/C13H15ClINO3/c1-8(2)16(6-5-12(17)18)13(19)9-3-4-11(15)10(14)7-9/h3-4,7-8H,5-6H2,1-2H3,(H,17,18). The first kappa shape index (κ1) is 16.2. The highest BCUT2D eigenvalue weighted by Crippen LogP contribution is 2.21. The number of rotatable bonds is 5. The summed E-state index contributed by atoms with van der Waals surface area (Å²) in [5.74, 6) is -1.12. The van der Waals surface area contributed by atoms with Crippen molar-refractivity contribution in [3.63, 3.8) is 0 Å². The Morgan fingerprint density at radius 2 is 2.05 bits per heavy atom. The van der Waals surface area contributed by atoms with Crippen LogP contribution in [0.5, 0.6) is 0 Å². The molecule has 0 saturated heterocycles. The average molecular weight is 396 g/mol. The fraction of sp³-hybridized carbons (Fsp3) is 0.385. The molecule has 4 nitrogen and oxygen atoms in total. The third-order valence-corrected chi connectivity index (χ3v) is 4.19. The van der Waals surface area contributed by atoms with Gasteiger partial charge in [-0.1, -0.05) is 11.6 Å². The van der Waals surface area contributed by atoms with Crippen LogP contribution in [0.15, 0.2) is 18.2 Å². The molecule has 6 heteroatoms. The third kappa shape index (κ3) is 4.65. The largest absolute Gasteiger partial charge is 0.481 e. The zero-order chi connectivity index (χ0) is 14.6. The number of carbonyl (C=O) groups is 2. The molecule has 0 radical (unpaired) electrons. The van der Waals surface area contributed by atoms with E-state index in [2.05, 4.69) is 22.6 Å². The summed E-state index contributed by atoms with van der Waals surface area (Å²) in [6.07, 6.45) is -0.0674. The number of nitrogens with zero attached hydrogens (tertiary/aromatic N) is 1. The number of carboxylic acids is 1. The number of carboxylic acid groups (broad SMARTS) is 1. The van der Waals surface area contributed by atoms with Gasteiger partial charge in [0.1, 0.15) is 0 Å². The number of carbonyl (C=O) groups excluding carboxylic acids is 1. The van der Waals surface area contributed by atoms with Crippen LogP contribution in [-0.4, -0.2) is 34.5 Å². The van der Waals surface area contributed by atoms with Crippen molar-refractivity contribution in [2.45, 2.75) is 26.3 Å². The van der Waals surface area contributed by atoms with E-state index in [0.717, 1.165) is 3.57 Å². The summed E-state index contributed by atoms with van der Waals surface area (Å²) in [6.45, 7) is 3.90. The molecular formula is C13H15ClINO3. The molecule has 0 aliphatic heterocycles. The van der Waals surface area contributed by atoms with Crippen LogP contribution in [0.2, 0.25) is 5.02 Å². The molecule has 1 amide bonds. The topological polar surface area (TPSA) is 57.6 Å². The van der Waals surface area contributed by atoms with Crippen molar-refractivity contribution in [1.82, 2.24) is 4.90 Å². The first-order valence-electron chi connectivity index (χ1n) is 5.80. The van der Waals surface area contributed by atoms with Gasteiger partial charge in [-0.15, -0.1) is 0 Å². The Bertz CT molecular complexity index is 491. The van der Waals surface area contributed by atoms with E-state index in [4.69, 9.17) is 16.7 Å². The Morgan fingerprint density at radius 3 is 2.53 bits per heavy atom. The summed E-state index contributed by atoms with van der Waals surface area (Å²) in [4.78, 5) is 24.5. The maximum atomic E-state index is 12.3. The van der Waals surface area contributed by atoms with Crippen LogP contribution in [0.3, 0.4) is 0 Å². The Kier molecular flexibility index (Phi) is 6.06. The lowest BCUT2D eigenvalue weighted by Crippen LogP contribution is -2.38. The molecule has 0 unspecified atom stereocenters. The number of hydrogen-bond donors (Lipinski definition) is 1. The third-order valence-electron chi connectivity index (χ3n) is 2.62. The van der Waals surface area contributed by atoms with E-state index < -0.39 is 5.97 Å². The van der Waals surface area contributed by atoms with Gasteiger partial charge in [0.05, 0.1) is 11.4 Å². The fourth-order valence-corrected chi connectivity index (χ4v) is 2.12. The van der Waals surface area contributed by atoms with Crippen LogP contribution >= 0.6 is 34.2 Å². The first-order valence-corrected chi connectivity index (χ1v) is 7.26. The molecule has 1 aromatic rings. The Balaban J connectivity index is 2.92. The van der Waals surface area contributed by atoms with Gasteiger partial charge in [-0.3, -0.25) is 9.59 Å². The van der Waals surface area contributed by atoms with Gasteiger partial charge in [0.15, 0.2) is 0 Å². The monoisotopic (exact) mass is 395 g/mol. The van der Waals surface area contributed by atoms with E-state index in [-0.39, 0.29) is 24.9 Å². The van der Waals surface area contributed by atoms with Crippen molar-refractivity contribution in [1.29, 1.82) is 0 Å². The highest BCUT2D eigenvalue weighted by Gasteiger charge is 2.20. The lowest BCUT2D eigenvalue weighted by atomic mass is 10.1. The van der Waals surface area contributed by atoms with Gasteiger partial charge >= 0.3 is 5.97 Å². The molecule has 1 rings (SSSR count). The summed E-state index contributed by atoms with van der Waals surface area (Å²) >= 11 is 8.08. The molecule has 0 aliphatic carbocycles. The molecule has 0 atom stereocenters. The van der Waals surface area contributed by atoms with Gasteiger partial charge in [-0.2, -0.15) is 0 Å². The van der Waals surface area contributed by atoms with E-state index in [0.29, 0.717) is 10.6 Å². The lowest BCUT2D eigenvalue weighted by Gasteiger charge is -2.26. The Morgan fingerprint density at radius 1 is 1.42 bits per heavy atom. The van der Waals surface area contributed by atoms with Crippen LogP contribution in [0, 0.1) is 3.57 Å². The van der Waals surface area contributed by atoms with Crippen LogP contribution < -0.4 is 0 Å². The summed E-state index contributed by atoms with van der Waals surface area (Å²) in [7, 11) is 0. The predicted molar refractivity (Wildman–Crippen MR) is 82.6 cm³/mol. The van der Waals surface area contributed by atoms with Crippen molar-refractivity contribution in [2.24, 2.45) is 0 Å². The minimum absolute atomic E-state index is 0.0649. The number of benzene rings is 1. The van der Waals surface area contributed by atoms with E-state index in [1.54, 1.807) is 18.2 Å². The second-order valence-corrected chi connectivity index (χ2v) is 5.93. The van der Waals surface area contributed by atoms with Gasteiger partial charge in [0.2, 0.25) is 0 Å². The number of hydrogen-bond acceptors (Lipinski definition) is 2. The second kappa shape index (κ2) is 7.09. The second-order valence-electron chi connectivity index (χ2n) is 4.36. The number of halogens is 2. The van der Waals surface area contributed by atoms with Crippen LogP contribution in [-0.2, 0) is 4.79 Å². The van der Waals surface area contributed by atoms with E-state index in [1.165, 1.54) is 4.90 Å². The average Bonchev–Trinajstić information content (AvgIpc) is 2.31. The van der Waals surface area contributed by atoms with Gasteiger partial charge in [-0.25, -0.2) is 0 Å². The lowest BCUT2D eigenvalue weighted by molar-refractivity contribution is -0.137. The summed E-state index contributed by atoms with van der Waals surface area (Å²) in [6, 6.07) is 5.02. The van der Waals surface area contributed by atoms with Crippen molar-refractivity contribution >= 4 is 46.1 Å². The first-order chi connectivity index (χ1) is 8.82. The maximum Gasteiger partial charge on any atom is 0.305 e. The summed E-state index contributed by atoms with van der Waals surface area (Å²) in [5.41, 5.74) is 0.476. The Hall–Kier alpha value is -0.820. The molecule has 0 aliphatic rings. The number of amides is 1. The molecule has 0 spiro atoms. The van der Waals surface area contributed by atoms with Crippen molar-refractivity contribution in [3.8, 4) is 0 Å². The quantitative estimate of drug-likeness (QED) is 0.779. The van der Waals surface area contributed by atoms with E-state index in [1.807, 2.05) is 13.8 Å². The normalized spacial score (nSPS) is 10.6. The number of aliphatic carboxylic acids is 1. The minimum atomic E-state index is -0.918. The minimum Gasteiger partial charge on any atom is -0.481 e. The van der Waals surface area contributed by atoms with Gasteiger partial charge in [0.25, 0.3) is 5.91 Å². The van der Waals surface area contributed by atoms with Crippen molar-refractivity contribution in [3.05, 3.63) is 32.4 Å². The van der Waals surface area contributed by atoms with Crippen LogP contribution in [0.1, 0.15) is 30.6 Å². The summed E-state index contributed by atoms with van der Waals surface area (Å²) in [5, 5.41) is 9.24. The molecule has 1 N–H and O–H groups in total. The van der Waals surface area contributed by atoms with Gasteiger partial charge in [-0.05, 0) is 54.6 Å². The molecule has 19 heavy (non-hydrogen) atoms. The van der Waals surface area contributed by atoms with E-state index in [9.17, 15) is 9.59 Å². The van der Waals surface area contributed by atoms with Gasteiger partial charge < -0.3 is 10.0 Å².